The summed E-state index contributed by atoms with van der Waals surface area (Å²) >= 11 is 1.57. The Morgan fingerprint density at radius 2 is 1.75 bits per heavy atom. The van der Waals surface area contributed by atoms with E-state index in [2.05, 4.69) is 20.4 Å². The van der Waals surface area contributed by atoms with Gasteiger partial charge >= 0.3 is 6.03 Å². The molecule has 1 fully saturated rings. The second-order valence-corrected chi connectivity index (χ2v) is 7.62. The van der Waals surface area contributed by atoms with E-state index in [1.54, 1.807) is 11.3 Å². The Hall–Kier alpha value is -2.42. The molecular weight excluding hydrogens is 376 g/mol. The lowest BCUT2D eigenvalue weighted by atomic mass is 10.3. The molecule has 150 valence electrons. The van der Waals surface area contributed by atoms with Gasteiger partial charge in [-0.05, 0) is 23.6 Å². The number of ether oxygens (including phenoxy) is 1. The molecule has 0 atom stereocenters. The maximum absolute atomic E-state index is 12.0. The van der Waals surface area contributed by atoms with E-state index in [-0.39, 0.29) is 12.5 Å². The van der Waals surface area contributed by atoms with Gasteiger partial charge in [-0.1, -0.05) is 24.3 Å². The second-order valence-electron chi connectivity index (χ2n) is 6.59. The van der Waals surface area contributed by atoms with Crippen molar-refractivity contribution in [3.8, 4) is 5.75 Å². The number of thiophene rings is 1. The van der Waals surface area contributed by atoms with E-state index in [9.17, 15) is 9.59 Å². The molecule has 2 heterocycles. The fourth-order valence-corrected chi connectivity index (χ4v) is 3.62. The molecule has 0 spiro atoms. The molecule has 0 bridgehead atoms. The summed E-state index contributed by atoms with van der Waals surface area (Å²) in [5.74, 6) is 0.611. The van der Waals surface area contributed by atoms with Gasteiger partial charge in [-0.2, -0.15) is 0 Å². The van der Waals surface area contributed by atoms with Crippen LogP contribution in [0.2, 0.25) is 0 Å². The monoisotopic (exact) mass is 402 g/mol. The van der Waals surface area contributed by atoms with Crippen molar-refractivity contribution in [2.75, 3.05) is 45.9 Å². The summed E-state index contributed by atoms with van der Waals surface area (Å²) in [6.45, 7) is 5.55. The van der Waals surface area contributed by atoms with Gasteiger partial charge in [-0.3, -0.25) is 19.9 Å². The first kappa shape index (κ1) is 20.3. The molecule has 3 rings (SSSR count). The van der Waals surface area contributed by atoms with E-state index in [1.165, 1.54) is 0 Å². The third-order valence-electron chi connectivity index (χ3n) is 4.51. The Balaban J connectivity index is 1.27. The molecule has 0 radical (unpaired) electrons. The first-order chi connectivity index (χ1) is 13.7. The third kappa shape index (κ3) is 6.95. The van der Waals surface area contributed by atoms with Gasteiger partial charge in [0.1, 0.15) is 12.4 Å². The highest BCUT2D eigenvalue weighted by atomic mass is 32.1. The van der Waals surface area contributed by atoms with Crippen LogP contribution >= 0.6 is 11.3 Å². The lowest BCUT2D eigenvalue weighted by Crippen LogP contribution is -2.51. The average Bonchev–Trinajstić information content (AvgIpc) is 3.22. The maximum atomic E-state index is 12.0. The Labute approximate surface area is 169 Å². The molecule has 28 heavy (non-hydrogen) atoms. The van der Waals surface area contributed by atoms with Crippen LogP contribution in [0, 0.1) is 0 Å². The van der Waals surface area contributed by atoms with E-state index in [1.807, 2.05) is 47.8 Å². The minimum absolute atomic E-state index is 0.237. The third-order valence-corrected chi connectivity index (χ3v) is 5.38. The predicted molar refractivity (Wildman–Crippen MR) is 110 cm³/mol. The highest BCUT2D eigenvalue weighted by Gasteiger charge is 2.19. The predicted octanol–water partition coefficient (Wildman–Crippen LogP) is 1.77. The highest BCUT2D eigenvalue weighted by Crippen LogP contribution is 2.09. The summed E-state index contributed by atoms with van der Waals surface area (Å²) in [4.78, 5) is 29.3. The lowest BCUT2D eigenvalue weighted by molar-refractivity contribution is -0.121. The van der Waals surface area contributed by atoms with Crippen LogP contribution in [0.5, 0.6) is 5.75 Å². The van der Waals surface area contributed by atoms with Crippen LogP contribution in [0.1, 0.15) is 4.88 Å². The summed E-state index contributed by atoms with van der Waals surface area (Å²) in [6.07, 6.45) is 0. The maximum Gasteiger partial charge on any atom is 0.321 e. The molecular formula is C20H26N4O3S. The number of piperazine rings is 1. The smallest absolute Gasteiger partial charge is 0.321 e. The van der Waals surface area contributed by atoms with Crippen LogP contribution in [0.3, 0.4) is 0 Å². The number of nitrogens with zero attached hydrogens (tertiary/aromatic N) is 2. The Morgan fingerprint density at radius 1 is 1.00 bits per heavy atom. The first-order valence-electron chi connectivity index (χ1n) is 9.41. The Kier molecular flexibility index (Phi) is 7.83. The Morgan fingerprint density at radius 3 is 2.46 bits per heavy atom. The van der Waals surface area contributed by atoms with Crippen LogP contribution in [-0.2, 0) is 11.3 Å². The average molecular weight is 403 g/mol. The first-order valence-corrected chi connectivity index (χ1v) is 10.3. The van der Waals surface area contributed by atoms with Gasteiger partial charge in [0.25, 0.3) is 0 Å². The van der Waals surface area contributed by atoms with E-state index >= 15 is 0 Å². The molecule has 8 heteroatoms. The number of carbonyl (C=O) groups excluding carboxylic acids is 2. The number of para-hydroxylation sites is 1. The van der Waals surface area contributed by atoms with E-state index in [0.29, 0.717) is 13.2 Å². The van der Waals surface area contributed by atoms with Crippen LogP contribution < -0.4 is 15.4 Å². The quantitative estimate of drug-likeness (QED) is 0.704. The highest BCUT2D eigenvalue weighted by molar-refractivity contribution is 7.09. The number of nitrogens with one attached hydrogen (secondary N) is 2. The van der Waals surface area contributed by atoms with E-state index in [0.717, 1.165) is 43.4 Å². The van der Waals surface area contributed by atoms with Gasteiger partial charge in [0.2, 0.25) is 5.91 Å². The molecule has 1 aromatic carbocycles. The zero-order chi connectivity index (χ0) is 19.6. The summed E-state index contributed by atoms with van der Waals surface area (Å²) in [5.41, 5.74) is 0. The van der Waals surface area contributed by atoms with Crippen molar-refractivity contribution in [1.29, 1.82) is 0 Å². The molecule has 7 nitrogen and oxygen atoms in total. The standard InChI is InChI=1S/C20H26N4O3S/c25-19(22-20(26)21-15-18-7-4-14-28-18)16-24-10-8-23(9-11-24)12-13-27-17-5-2-1-3-6-17/h1-7,14H,8-13,15-16H2,(H2,21,22,25,26). The van der Waals surface area contributed by atoms with Gasteiger partial charge in [-0.25, -0.2) is 4.79 Å². The fraction of sp³-hybridized carbons (Fsp3) is 0.400. The van der Waals surface area contributed by atoms with Crippen LogP contribution in [0.25, 0.3) is 0 Å². The molecule has 2 N–H and O–H groups in total. The number of rotatable bonds is 8. The van der Waals surface area contributed by atoms with Crippen molar-refractivity contribution >= 4 is 23.3 Å². The summed E-state index contributed by atoms with van der Waals surface area (Å²) < 4.78 is 5.73. The van der Waals surface area contributed by atoms with Crippen molar-refractivity contribution in [2.45, 2.75) is 6.54 Å². The zero-order valence-corrected chi connectivity index (χ0v) is 16.6. The SMILES string of the molecule is O=C(CN1CCN(CCOc2ccccc2)CC1)NC(=O)NCc1cccs1. The van der Waals surface area contributed by atoms with Crippen molar-refractivity contribution in [2.24, 2.45) is 0 Å². The molecule has 0 unspecified atom stereocenters. The zero-order valence-electron chi connectivity index (χ0n) is 15.8. The number of urea groups is 1. The van der Waals surface area contributed by atoms with Gasteiger partial charge in [0.05, 0.1) is 13.1 Å². The molecule has 0 aliphatic carbocycles. The summed E-state index contributed by atoms with van der Waals surface area (Å²) in [5, 5.41) is 7.04. The van der Waals surface area contributed by atoms with E-state index < -0.39 is 6.03 Å². The number of benzene rings is 1. The molecule has 1 saturated heterocycles. The minimum atomic E-state index is -0.449. The number of carbonyl (C=O) groups is 2. The van der Waals surface area contributed by atoms with Gasteiger partial charge in [0.15, 0.2) is 0 Å². The lowest BCUT2D eigenvalue weighted by Gasteiger charge is -2.34. The Bertz CT molecular complexity index is 731. The number of imide groups is 1. The van der Waals surface area contributed by atoms with Crippen molar-refractivity contribution in [1.82, 2.24) is 20.4 Å². The summed E-state index contributed by atoms with van der Waals surface area (Å²) in [6, 6.07) is 13.2. The number of hydrogen-bond acceptors (Lipinski definition) is 6. The number of hydrogen-bond donors (Lipinski definition) is 2. The van der Waals surface area contributed by atoms with Crippen molar-refractivity contribution in [3.05, 3.63) is 52.7 Å². The van der Waals surface area contributed by atoms with Crippen LogP contribution in [0.4, 0.5) is 4.79 Å². The fourth-order valence-electron chi connectivity index (χ4n) is 2.97. The van der Waals surface area contributed by atoms with E-state index in [4.69, 9.17) is 4.74 Å². The van der Waals surface area contributed by atoms with Gasteiger partial charge in [0, 0.05) is 37.6 Å². The molecule has 1 aliphatic rings. The number of amides is 3. The summed E-state index contributed by atoms with van der Waals surface area (Å²) in [7, 11) is 0. The topological polar surface area (TPSA) is 73.9 Å². The van der Waals surface area contributed by atoms with Crippen LogP contribution in [0.15, 0.2) is 47.8 Å². The normalized spacial score (nSPS) is 15.1. The van der Waals surface area contributed by atoms with Gasteiger partial charge in [-0.15, -0.1) is 11.3 Å². The molecule has 2 aromatic rings. The minimum Gasteiger partial charge on any atom is -0.492 e. The van der Waals surface area contributed by atoms with Gasteiger partial charge < -0.3 is 10.1 Å². The molecule has 0 saturated carbocycles. The molecule has 1 aromatic heterocycles. The largest absolute Gasteiger partial charge is 0.492 e. The molecule has 1 aliphatic heterocycles. The van der Waals surface area contributed by atoms with Crippen molar-refractivity contribution < 1.29 is 14.3 Å². The molecule has 3 amide bonds. The second kappa shape index (κ2) is 10.8. The van der Waals surface area contributed by atoms with Crippen molar-refractivity contribution in [3.63, 3.8) is 0 Å². The van der Waals surface area contributed by atoms with Crippen LogP contribution in [-0.4, -0.2) is 67.6 Å².